The van der Waals surface area contributed by atoms with Crippen LogP contribution in [0.15, 0.2) is 17.5 Å². The summed E-state index contributed by atoms with van der Waals surface area (Å²) in [4.78, 5) is 0. The number of rotatable bonds is 1. The summed E-state index contributed by atoms with van der Waals surface area (Å²) in [7, 11) is 0. The predicted molar refractivity (Wildman–Crippen MR) is 57.2 cm³/mol. The Morgan fingerprint density at radius 2 is 2.29 bits per heavy atom. The summed E-state index contributed by atoms with van der Waals surface area (Å²) in [5.74, 6) is 0. The highest BCUT2D eigenvalue weighted by molar-refractivity contribution is 7.17. The first-order valence-corrected chi connectivity index (χ1v) is 5.16. The first-order valence-electron chi connectivity index (χ1n) is 4.28. The summed E-state index contributed by atoms with van der Waals surface area (Å²) >= 11 is 1.64. The minimum Gasteiger partial charge on any atom is -0.392 e. The van der Waals surface area contributed by atoms with Crippen LogP contribution in [0.2, 0.25) is 0 Å². The molecule has 1 heterocycles. The first kappa shape index (κ1) is 9.20. The summed E-state index contributed by atoms with van der Waals surface area (Å²) in [6.45, 7) is 1.95. The van der Waals surface area contributed by atoms with Crippen molar-refractivity contribution in [2.75, 3.05) is 0 Å². The van der Waals surface area contributed by atoms with Crippen molar-refractivity contribution in [1.29, 1.82) is 5.26 Å². The summed E-state index contributed by atoms with van der Waals surface area (Å²) in [5.41, 5.74) is 2.47. The van der Waals surface area contributed by atoms with Crippen LogP contribution < -0.4 is 0 Å². The smallest absolute Gasteiger partial charge is 0.0995 e. The second-order valence-corrected chi connectivity index (χ2v) is 4.11. The van der Waals surface area contributed by atoms with Crippen molar-refractivity contribution in [2.24, 2.45) is 0 Å². The number of aliphatic hydroxyl groups excluding tert-OH is 1. The third kappa shape index (κ3) is 1.29. The molecule has 0 spiro atoms. The van der Waals surface area contributed by atoms with E-state index in [1.807, 2.05) is 19.1 Å². The van der Waals surface area contributed by atoms with E-state index in [0.29, 0.717) is 11.1 Å². The van der Waals surface area contributed by atoms with Gasteiger partial charge in [-0.25, -0.2) is 0 Å². The lowest BCUT2D eigenvalue weighted by molar-refractivity contribution is 0.281. The molecule has 0 fully saturated rings. The molecule has 0 saturated heterocycles. The number of aliphatic hydroxyl groups is 1. The highest BCUT2D eigenvalue weighted by Gasteiger charge is 2.06. The number of hydrogen-bond donors (Lipinski definition) is 1. The molecule has 14 heavy (non-hydrogen) atoms. The van der Waals surface area contributed by atoms with Gasteiger partial charge >= 0.3 is 0 Å². The Morgan fingerprint density at radius 3 is 2.93 bits per heavy atom. The van der Waals surface area contributed by atoms with Gasteiger partial charge < -0.3 is 5.11 Å². The van der Waals surface area contributed by atoms with E-state index in [1.165, 1.54) is 5.56 Å². The van der Waals surface area contributed by atoms with E-state index in [1.54, 1.807) is 11.3 Å². The van der Waals surface area contributed by atoms with E-state index in [0.717, 1.165) is 10.1 Å². The van der Waals surface area contributed by atoms with E-state index in [9.17, 15) is 0 Å². The first-order chi connectivity index (χ1) is 6.76. The molecule has 0 aliphatic carbocycles. The zero-order valence-electron chi connectivity index (χ0n) is 7.74. The molecule has 0 amide bonds. The molecule has 1 N–H and O–H groups in total. The lowest BCUT2D eigenvalue weighted by Crippen LogP contribution is -1.88. The topological polar surface area (TPSA) is 44.0 Å². The normalized spacial score (nSPS) is 10.4. The Bertz CT molecular complexity index is 522. The molecule has 0 aliphatic rings. The molecule has 3 heteroatoms. The number of nitrogens with zero attached hydrogens (tertiary/aromatic N) is 1. The van der Waals surface area contributed by atoms with E-state index < -0.39 is 0 Å². The second kappa shape index (κ2) is 3.41. The molecule has 0 radical (unpaired) electrons. The van der Waals surface area contributed by atoms with Crippen LogP contribution in [-0.2, 0) is 6.61 Å². The maximum atomic E-state index is 9.07. The van der Waals surface area contributed by atoms with Crippen LogP contribution in [0.1, 0.15) is 16.7 Å². The third-order valence-corrected chi connectivity index (χ3v) is 3.35. The Hall–Kier alpha value is -1.37. The van der Waals surface area contributed by atoms with Crippen LogP contribution in [0, 0.1) is 18.3 Å². The highest BCUT2D eigenvalue weighted by atomic mass is 32.1. The van der Waals surface area contributed by atoms with Crippen molar-refractivity contribution < 1.29 is 5.11 Å². The van der Waals surface area contributed by atoms with E-state index in [-0.39, 0.29) is 6.61 Å². The van der Waals surface area contributed by atoms with E-state index >= 15 is 0 Å². The number of nitriles is 1. The lowest BCUT2D eigenvalue weighted by atomic mass is 10.1. The van der Waals surface area contributed by atoms with Crippen molar-refractivity contribution >= 4 is 21.4 Å². The molecule has 1 aromatic heterocycles. The molecule has 0 unspecified atom stereocenters. The van der Waals surface area contributed by atoms with Gasteiger partial charge in [0.1, 0.15) is 0 Å². The Labute approximate surface area is 86.0 Å². The molecule has 2 nitrogen and oxygen atoms in total. The number of aryl methyl sites for hydroxylation is 1. The van der Waals surface area contributed by atoms with Gasteiger partial charge in [-0.3, -0.25) is 0 Å². The SMILES string of the molecule is Cc1csc2cc(CO)c(C#N)cc12. The molecule has 70 valence electrons. The summed E-state index contributed by atoms with van der Waals surface area (Å²) in [5, 5.41) is 21.1. The van der Waals surface area contributed by atoms with Crippen molar-refractivity contribution in [2.45, 2.75) is 13.5 Å². The monoisotopic (exact) mass is 203 g/mol. The molecular formula is C11H9NOS. The van der Waals surface area contributed by atoms with Crippen LogP contribution in [0.5, 0.6) is 0 Å². The summed E-state index contributed by atoms with van der Waals surface area (Å²) in [6.07, 6.45) is 0. The van der Waals surface area contributed by atoms with Gasteiger partial charge in [0.25, 0.3) is 0 Å². The number of thiophene rings is 1. The number of benzene rings is 1. The molecule has 1 aromatic carbocycles. The Morgan fingerprint density at radius 1 is 1.50 bits per heavy atom. The van der Waals surface area contributed by atoms with Gasteiger partial charge in [-0.15, -0.1) is 11.3 Å². The van der Waals surface area contributed by atoms with Gasteiger partial charge in [-0.1, -0.05) is 0 Å². The van der Waals surface area contributed by atoms with Gasteiger partial charge in [0.05, 0.1) is 18.2 Å². The maximum Gasteiger partial charge on any atom is 0.0995 e. The molecule has 0 saturated carbocycles. The second-order valence-electron chi connectivity index (χ2n) is 3.19. The van der Waals surface area contributed by atoms with Crippen molar-refractivity contribution in [3.63, 3.8) is 0 Å². The maximum absolute atomic E-state index is 9.07. The Balaban J connectivity index is 2.79. The average Bonchev–Trinajstić information content (AvgIpc) is 2.58. The third-order valence-electron chi connectivity index (χ3n) is 2.28. The number of fused-ring (bicyclic) bond motifs is 1. The van der Waals surface area contributed by atoms with Gasteiger partial charge in [0.15, 0.2) is 0 Å². The number of hydrogen-bond acceptors (Lipinski definition) is 3. The van der Waals surface area contributed by atoms with Crippen LogP contribution in [0.25, 0.3) is 10.1 Å². The largest absolute Gasteiger partial charge is 0.392 e. The lowest BCUT2D eigenvalue weighted by Gasteiger charge is -2.00. The fraction of sp³-hybridized carbons (Fsp3) is 0.182. The fourth-order valence-corrected chi connectivity index (χ4v) is 2.47. The zero-order chi connectivity index (χ0) is 10.1. The van der Waals surface area contributed by atoms with Crippen molar-refractivity contribution in [3.05, 3.63) is 34.2 Å². The van der Waals surface area contributed by atoms with Crippen LogP contribution in [-0.4, -0.2) is 5.11 Å². The predicted octanol–water partition coefficient (Wildman–Crippen LogP) is 2.57. The summed E-state index contributed by atoms with van der Waals surface area (Å²) in [6, 6.07) is 5.85. The minimum absolute atomic E-state index is 0.0736. The molecule has 0 aliphatic heterocycles. The minimum atomic E-state index is -0.0736. The fourth-order valence-electron chi connectivity index (χ4n) is 1.48. The molecule has 2 rings (SSSR count). The molecule has 0 bridgehead atoms. The van der Waals surface area contributed by atoms with Gasteiger partial charge in [-0.05, 0) is 40.9 Å². The van der Waals surface area contributed by atoms with Gasteiger partial charge in [-0.2, -0.15) is 5.26 Å². The summed E-state index contributed by atoms with van der Waals surface area (Å²) < 4.78 is 1.13. The van der Waals surface area contributed by atoms with Crippen LogP contribution in [0.3, 0.4) is 0 Å². The van der Waals surface area contributed by atoms with E-state index in [4.69, 9.17) is 10.4 Å². The van der Waals surface area contributed by atoms with Crippen molar-refractivity contribution in [1.82, 2.24) is 0 Å². The average molecular weight is 203 g/mol. The van der Waals surface area contributed by atoms with E-state index in [2.05, 4.69) is 11.4 Å². The quantitative estimate of drug-likeness (QED) is 0.774. The highest BCUT2D eigenvalue weighted by Crippen LogP contribution is 2.28. The molecule has 2 aromatic rings. The molecule has 0 atom stereocenters. The van der Waals surface area contributed by atoms with Crippen LogP contribution >= 0.6 is 11.3 Å². The zero-order valence-corrected chi connectivity index (χ0v) is 8.56. The molecular weight excluding hydrogens is 194 g/mol. The standard InChI is InChI=1S/C11H9NOS/c1-7-6-14-11-3-9(5-13)8(4-12)2-10(7)11/h2-3,6,13H,5H2,1H3. The van der Waals surface area contributed by atoms with Gasteiger partial charge in [0, 0.05) is 4.70 Å². The van der Waals surface area contributed by atoms with Gasteiger partial charge in [0.2, 0.25) is 0 Å². The van der Waals surface area contributed by atoms with Crippen LogP contribution in [0.4, 0.5) is 0 Å². The van der Waals surface area contributed by atoms with Crippen molar-refractivity contribution in [3.8, 4) is 6.07 Å². The Kier molecular flexibility index (Phi) is 2.24.